The summed E-state index contributed by atoms with van der Waals surface area (Å²) in [6, 6.07) is 10.1. The van der Waals surface area contributed by atoms with E-state index in [1.54, 1.807) is 30.3 Å². The third kappa shape index (κ3) is 3.95. The van der Waals surface area contributed by atoms with Crippen LogP contribution in [0.15, 0.2) is 48.0 Å². The molecule has 0 bridgehead atoms. The number of aliphatic hydroxyl groups excluding tert-OH is 1. The lowest BCUT2D eigenvalue weighted by atomic mass is 9.94. The second kappa shape index (κ2) is 8.69. The average molecular weight is 411 g/mol. The monoisotopic (exact) mass is 411 g/mol. The first-order valence-corrected chi connectivity index (χ1v) is 10.1. The summed E-state index contributed by atoms with van der Waals surface area (Å²) in [5, 5.41) is 11.0. The fourth-order valence-electron chi connectivity index (χ4n) is 3.71. The van der Waals surface area contributed by atoms with Crippen molar-refractivity contribution >= 4 is 17.4 Å². The second-order valence-corrected chi connectivity index (χ2v) is 7.66. The summed E-state index contributed by atoms with van der Waals surface area (Å²) in [5.74, 6) is -1.73. The Labute approximate surface area is 175 Å². The Balaban J connectivity index is 2.16. The molecule has 1 saturated heterocycles. The topological polar surface area (TPSA) is 66.8 Å². The van der Waals surface area contributed by atoms with E-state index in [1.807, 2.05) is 27.7 Å². The van der Waals surface area contributed by atoms with Gasteiger partial charge in [0.15, 0.2) is 0 Å². The fraction of sp³-hybridized carbons (Fsp3) is 0.333. The van der Waals surface area contributed by atoms with Gasteiger partial charge in [-0.05, 0) is 57.0 Å². The maximum absolute atomic E-state index is 14.6. The molecule has 1 aliphatic rings. The van der Waals surface area contributed by atoms with Crippen molar-refractivity contribution in [3.8, 4) is 5.75 Å². The first-order valence-electron chi connectivity index (χ1n) is 10.1. The number of benzene rings is 2. The molecule has 1 unspecified atom stereocenters. The number of hydrogen-bond donors (Lipinski definition) is 1. The normalized spacial score (nSPS) is 18.3. The molecule has 158 valence electrons. The van der Waals surface area contributed by atoms with E-state index in [0.717, 1.165) is 5.56 Å². The fourth-order valence-corrected chi connectivity index (χ4v) is 3.71. The lowest BCUT2D eigenvalue weighted by Crippen LogP contribution is -2.30. The maximum atomic E-state index is 14.6. The molecule has 0 aromatic heterocycles. The highest BCUT2D eigenvalue weighted by molar-refractivity contribution is 6.46. The second-order valence-electron chi connectivity index (χ2n) is 7.66. The smallest absolute Gasteiger partial charge is 0.295 e. The number of likely N-dealkylation sites (tertiary alicyclic amines) is 1. The molecule has 5 nitrogen and oxygen atoms in total. The van der Waals surface area contributed by atoms with Crippen LogP contribution < -0.4 is 4.74 Å². The van der Waals surface area contributed by atoms with Crippen molar-refractivity contribution < 1.29 is 23.8 Å². The van der Waals surface area contributed by atoms with Crippen LogP contribution in [0.3, 0.4) is 0 Å². The van der Waals surface area contributed by atoms with E-state index in [0.29, 0.717) is 17.7 Å². The number of nitrogens with zero attached hydrogens (tertiary/aromatic N) is 1. The van der Waals surface area contributed by atoms with Crippen molar-refractivity contribution in [2.75, 3.05) is 6.54 Å². The van der Waals surface area contributed by atoms with Crippen LogP contribution in [0.1, 0.15) is 49.9 Å². The van der Waals surface area contributed by atoms with Gasteiger partial charge in [-0.1, -0.05) is 25.1 Å². The van der Waals surface area contributed by atoms with E-state index in [-0.39, 0.29) is 29.5 Å². The van der Waals surface area contributed by atoms with Gasteiger partial charge in [0.1, 0.15) is 17.3 Å². The van der Waals surface area contributed by atoms with Gasteiger partial charge in [-0.3, -0.25) is 9.59 Å². The summed E-state index contributed by atoms with van der Waals surface area (Å²) in [6.07, 6.45) is 0.585. The molecule has 1 fully saturated rings. The first kappa shape index (κ1) is 21.6. The number of amides is 1. The van der Waals surface area contributed by atoms with E-state index in [1.165, 1.54) is 17.0 Å². The highest BCUT2D eigenvalue weighted by Crippen LogP contribution is 2.40. The number of halogens is 1. The van der Waals surface area contributed by atoms with E-state index in [4.69, 9.17) is 4.74 Å². The Morgan fingerprint density at radius 3 is 2.50 bits per heavy atom. The zero-order valence-electron chi connectivity index (χ0n) is 17.6. The molecule has 2 aromatic carbocycles. The molecule has 1 aliphatic heterocycles. The number of hydrogen-bond acceptors (Lipinski definition) is 4. The summed E-state index contributed by atoms with van der Waals surface area (Å²) in [7, 11) is 0. The lowest BCUT2D eigenvalue weighted by Gasteiger charge is -2.25. The molecule has 0 saturated carbocycles. The molecule has 1 N–H and O–H groups in total. The average Bonchev–Trinajstić information content (AvgIpc) is 2.94. The molecule has 2 aromatic rings. The van der Waals surface area contributed by atoms with Gasteiger partial charge in [-0.25, -0.2) is 4.39 Å². The summed E-state index contributed by atoms with van der Waals surface area (Å²) in [4.78, 5) is 26.8. The van der Waals surface area contributed by atoms with Crippen LogP contribution in [0.4, 0.5) is 4.39 Å². The van der Waals surface area contributed by atoms with Gasteiger partial charge in [-0.2, -0.15) is 0 Å². The summed E-state index contributed by atoms with van der Waals surface area (Å²) in [5.41, 5.74) is 1.23. The number of Topliss-reactive ketones (excluding diaryl/α,β-unsaturated/α-hetero) is 1. The molecule has 6 heteroatoms. The zero-order valence-corrected chi connectivity index (χ0v) is 17.6. The minimum absolute atomic E-state index is 0.0106. The lowest BCUT2D eigenvalue weighted by molar-refractivity contribution is -0.139. The third-order valence-corrected chi connectivity index (χ3v) is 5.02. The quantitative estimate of drug-likeness (QED) is 0.423. The van der Waals surface area contributed by atoms with Gasteiger partial charge in [0.2, 0.25) is 0 Å². The van der Waals surface area contributed by atoms with Gasteiger partial charge in [-0.15, -0.1) is 0 Å². The molecule has 1 atom stereocenters. The van der Waals surface area contributed by atoms with Crippen LogP contribution in [0.5, 0.6) is 5.75 Å². The Kier molecular flexibility index (Phi) is 6.25. The molecule has 3 rings (SSSR count). The Hall–Kier alpha value is -3.15. The predicted molar refractivity (Wildman–Crippen MR) is 113 cm³/mol. The highest BCUT2D eigenvalue weighted by Gasteiger charge is 2.46. The highest BCUT2D eigenvalue weighted by atomic mass is 19.1. The first-order chi connectivity index (χ1) is 14.3. The van der Waals surface area contributed by atoms with Crippen LogP contribution in [0.2, 0.25) is 0 Å². The van der Waals surface area contributed by atoms with Crippen molar-refractivity contribution in [3.05, 3.63) is 70.5 Å². The van der Waals surface area contributed by atoms with E-state index >= 15 is 0 Å². The van der Waals surface area contributed by atoms with Gasteiger partial charge in [0.25, 0.3) is 11.7 Å². The number of ether oxygens (including phenoxy) is 1. The number of aliphatic hydroxyl groups is 1. The summed E-state index contributed by atoms with van der Waals surface area (Å²) >= 11 is 0. The van der Waals surface area contributed by atoms with Crippen LogP contribution in [0, 0.1) is 12.7 Å². The molecule has 0 spiro atoms. The van der Waals surface area contributed by atoms with Gasteiger partial charge < -0.3 is 14.7 Å². The van der Waals surface area contributed by atoms with E-state index < -0.39 is 23.5 Å². The summed E-state index contributed by atoms with van der Waals surface area (Å²) in [6.45, 7) is 7.81. The SMILES string of the molecule is CCCN1C(=O)C(=O)/C(=C(/O)c2ccc(OC(C)C)c(C)c2)C1c1ccccc1F. The van der Waals surface area contributed by atoms with Crippen molar-refractivity contribution in [1.29, 1.82) is 0 Å². The van der Waals surface area contributed by atoms with Crippen LogP contribution >= 0.6 is 0 Å². The Bertz CT molecular complexity index is 1010. The van der Waals surface area contributed by atoms with E-state index in [2.05, 4.69) is 0 Å². The van der Waals surface area contributed by atoms with Crippen LogP contribution in [-0.4, -0.2) is 34.3 Å². The largest absolute Gasteiger partial charge is 0.507 e. The Morgan fingerprint density at radius 2 is 1.90 bits per heavy atom. The van der Waals surface area contributed by atoms with Gasteiger partial charge >= 0.3 is 0 Å². The molecular weight excluding hydrogens is 385 g/mol. The van der Waals surface area contributed by atoms with Crippen molar-refractivity contribution in [3.63, 3.8) is 0 Å². The van der Waals surface area contributed by atoms with Crippen molar-refractivity contribution in [2.45, 2.75) is 46.3 Å². The number of ketones is 1. The van der Waals surface area contributed by atoms with E-state index in [9.17, 15) is 19.1 Å². The third-order valence-electron chi connectivity index (χ3n) is 5.02. The number of aryl methyl sites for hydroxylation is 1. The zero-order chi connectivity index (χ0) is 22.0. The molecule has 1 heterocycles. The summed E-state index contributed by atoms with van der Waals surface area (Å²) < 4.78 is 20.3. The van der Waals surface area contributed by atoms with Gasteiger partial charge in [0, 0.05) is 17.7 Å². The van der Waals surface area contributed by atoms with Crippen LogP contribution in [-0.2, 0) is 9.59 Å². The van der Waals surface area contributed by atoms with Crippen molar-refractivity contribution in [1.82, 2.24) is 4.90 Å². The Morgan fingerprint density at radius 1 is 1.20 bits per heavy atom. The molecule has 1 amide bonds. The predicted octanol–water partition coefficient (Wildman–Crippen LogP) is 4.75. The number of rotatable bonds is 6. The standard InChI is InChI=1S/C24H26FNO4/c1-5-12-26-21(17-8-6-7-9-18(17)25)20(23(28)24(26)29)22(27)16-10-11-19(15(4)13-16)30-14(2)3/h6-11,13-14,21,27H,5,12H2,1-4H3/b22-20+. The minimum atomic E-state index is -0.974. The number of carbonyl (C=O) groups excluding carboxylic acids is 2. The van der Waals surface area contributed by atoms with Gasteiger partial charge in [0.05, 0.1) is 17.7 Å². The molecular formula is C24H26FNO4. The molecule has 0 radical (unpaired) electrons. The molecule has 0 aliphatic carbocycles. The maximum Gasteiger partial charge on any atom is 0.295 e. The van der Waals surface area contributed by atoms with Crippen molar-refractivity contribution in [2.24, 2.45) is 0 Å². The van der Waals surface area contributed by atoms with Crippen LogP contribution in [0.25, 0.3) is 5.76 Å². The minimum Gasteiger partial charge on any atom is -0.507 e. The number of carbonyl (C=O) groups is 2. The molecule has 30 heavy (non-hydrogen) atoms.